The summed E-state index contributed by atoms with van der Waals surface area (Å²) in [7, 11) is 0. The Hall–Kier alpha value is -2.08. The first-order chi connectivity index (χ1) is 12.7. The molecular formula is C19H28ClN5O. The minimum Gasteiger partial charge on any atom is -0.359 e. The molecule has 2 aromatic rings. The summed E-state index contributed by atoms with van der Waals surface area (Å²) in [6, 6.07) is 5.80. The molecule has 0 fully saturated rings. The van der Waals surface area contributed by atoms with Crippen LogP contribution >= 0.6 is 11.6 Å². The van der Waals surface area contributed by atoms with Crippen molar-refractivity contribution in [3.05, 3.63) is 46.6 Å². The van der Waals surface area contributed by atoms with Crippen molar-refractivity contribution in [2.45, 2.75) is 52.5 Å². The highest BCUT2D eigenvalue weighted by atomic mass is 35.5. The lowest BCUT2D eigenvalue weighted by atomic mass is 9.99. The molecule has 0 atom stereocenters. The molecule has 7 heteroatoms. The van der Waals surface area contributed by atoms with E-state index < -0.39 is 0 Å². The Morgan fingerprint density at radius 1 is 1.23 bits per heavy atom. The molecule has 0 aliphatic heterocycles. The van der Waals surface area contributed by atoms with Gasteiger partial charge in [0.2, 0.25) is 0 Å². The Labute approximate surface area is 160 Å². The van der Waals surface area contributed by atoms with Gasteiger partial charge in [-0.2, -0.15) is 0 Å². The summed E-state index contributed by atoms with van der Waals surface area (Å²) >= 11 is 5.81. The number of hydrogen-bond acceptors (Lipinski definition) is 4. The Morgan fingerprint density at radius 3 is 2.69 bits per heavy atom. The Balaban J connectivity index is 1.88. The van der Waals surface area contributed by atoms with Gasteiger partial charge in [0.25, 0.3) is 0 Å². The molecule has 142 valence electrons. The number of pyridine rings is 1. The average Bonchev–Trinajstić information content (AvgIpc) is 3.11. The maximum atomic E-state index is 5.81. The van der Waals surface area contributed by atoms with Crippen LogP contribution in [0.1, 0.15) is 56.5 Å². The molecule has 0 aromatic carbocycles. The second-order valence-corrected chi connectivity index (χ2v) is 6.48. The summed E-state index contributed by atoms with van der Waals surface area (Å²) in [5, 5.41) is 11.3. The highest BCUT2D eigenvalue weighted by Gasteiger charge is 2.12. The van der Waals surface area contributed by atoms with Crippen LogP contribution in [0.25, 0.3) is 0 Å². The van der Waals surface area contributed by atoms with Crippen molar-refractivity contribution in [3.8, 4) is 0 Å². The van der Waals surface area contributed by atoms with Gasteiger partial charge >= 0.3 is 0 Å². The third kappa shape index (κ3) is 6.33. The molecule has 0 bridgehead atoms. The Kier molecular flexibility index (Phi) is 8.41. The zero-order valence-corrected chi connectivity index (χ0v) is 16.5. The van der Waals surface area contributed by atoms with Gasteiger partial charge in [-0.05, 0) is 37.8 Å². The quantitative estimate of drug-likeness (QED) is 0.393. The van der Waals surface area contributed by atoms with E-state index in [4.69, 9.17) is 16.1 Å². The molecule has 0 spiro atoms. The molecule has 0 saturated carbocycles. The first kappa shape index (κ1) is 20.2. The fourth-order valence-corrected chi connectivity index (χ4v) is 2.79. The average molecular weight is 378 g/mol. The summed E-state index contributed by atoms with van der Waals surface area (Å²) < 4.78 is 5.43. The Morgan fingerprint density at radius 2 is 2.04 bits per heavy atom. The Bertz CT molecular complexity index is 679. The topological polar surface area (TPSA) is 75.3 Å². The van der Waals surface area contributed by atoms with E-state index in [1.54, 1.807) is 12.3 Å². The predicted molar refractivity (Wildman–Crippen MR) is 106 cm³/mol. The molecule has 2 aromatic heterocycles. The van der Waals surface area contributed by atoms with Crippen LogP contribution in [0.3, 0.4) is 0 Å². The number of aromatic nitrogens is 2. The van der Waals surface area contributed by atoms with E-state index in [2.05, 4.69) is 39.6 Å². The van der Waals surface area contributed by atoms with Crippen molar-refractivity contribution in [2.75, 3.05) is 13.1 Å². The molecule has 26 heavy (non-hydrogen) atoms. The molecular weight excluding hydrogens is 350 g/mol. The zero-order chi connectivity index (χ0) is 18.8. The number of hydrogen-bond donors (Lipinski definition) is 2. The maximum absolute atomic E-state index is 5.81. The van der Waals surface area contributed by atoms with Crippen LogP contribution in [0.15, 0.2) is 33.9 Å². The van der Waals surface area contributed by atoms with E-state index in [0.29, 0.717) is 17.6 Å². The van der Waals surface area contributed by atoms with Gasteiger partial charge in [0, 0.05) is 31.3 Å². The summed E-state index contributed by atoms with van der Waals surface area (Å²) in [6.07, 6.45) is 4.77. The molecule has 2 rings (SSSR count). The van der Waals surface area contributed by atoms with Crippen LogP contribution in [-0.4, -0.2) is 29.2 Å². The SMILES string of the molecule is CCNC(=NCc1cc(C(CC)CC)no1)NCCc1ccc(Cl)nc1. The normalized spacial score (nSPS) is 11.8. The summed E-state index contributed by atoms with van der Waals surface area (Å²) in [6.45, 7) is 8.40. The van der Waals surface area contributed by atoms with Gasteiger partial charge in [-0.25, -0.2) is 9.98 Å². The van der Waals surface area contributed by atoms with Crippen molar-refractivity contribution in [2.24, 2.45) is 4.99 Å². The second kappa shape index (κ2) is 10.8. The van der Waals surface area contributed by atoms with E-state index in [-0.39, 0.29) is 0 Å². The van der Waals surface area contributed by atoms with Crippen molar-refractivity contribution < 1.29 is 4.52 Å². The molecule has 0 aliphatic carbocycles. The third-order valence-corrected chi connectivity index (χ3v) is 4.44. The smallest absolute Gasteiger partial charge is 0.191 e. The fraction of sp³-hybridized carbons (Fsp3) is 0.526. The number of aliphatic imine (C=N–C) groups is 1. The van der Waals surface area contributed by atoms with Gasteiger partial charge in [0.15, 0.2) is 11.7 Å². The largest absolute Gasteiger partial charge is 0.359 e. The lowest BCUT2D eigenvalue weighted by molar-refractivity contribution is 0.372. The van der Waals surface area contributed by atoms with E-state index >= 15 is 0 Å². The van der Waals surface area contributed by atoms with Gasteiger partial charge in [-0.3, -0.25) is 0 Å². The van der Waals surface area contributed by atoms with Crippen LogP contribution in [-0.2, 0) is 13.0 Å². The van der Waals surface area contributed by atoms with Gasteiger partial charge in [-0.1, -0.05) is 36.7 Å². The monoisotopic (exact) mass is 377 g/mol. The molecule has 0 amide bonds. The maximum Gasteiger partial charge on any atom is 0.191 e. The first-order valence-electron chi connectivity index (χ1n) is 9.24. The van der Waals surface area contributed by atoms with Crippen molar-refractivity contribution in [1.29, 1.82) is 0 Å². The van der Waals surface area contributed by atoms with E-state index in [1.165, 1.54) is 0 Å². The minimum absolute atomic E-state index is 0.454. The molecule has 0 saturated heterocycles. The number of nitrogens with zero attached hydrogens (tertiary/aromatic N) is 3. The van der Waals surface area contributed by atoms with Crippen molar-refractivity contribution in [1.82, 2.24) is 20.8 Å². The number of guanidine groups is 1. The lowest BCUT2D eigenvalue weighted by Crippen LogP contribution is -2.38. The van der Waals surface area contributed by atoms with Crippen molar-refractivity contribution >= 4 is 17.6 Å². The summed E-state index contributed by atoms with van der Waals surface area (Å²) in [4.78, 5) is 8.67. The fourth-order valence-electron chi connectivity index (χ4n) is 2.68. The van der Waals surface area contributed by atoms with Gasteiger partial charge < -0.3 is 15.2 Å². The highest BCUT2D eigenvalue weighted by molar-refractivity contribution is 6.29. The van der Waals surface area contributed by atoms with Crippen LogP contribution < -0.4 is 10.6 Å². The third-order valence-electron chi connectivity index (χ3n) is 4.21. The molecule has 0 unspecified atom stereocenters. The first-order valence-corrected chi connectivity index (χ1v) is 9.62. The van der Waals surface area contributed by atoms with E-state index in [1.807, 2.05) is 19.1 Å². The molecule has 6 nitrogen and oxygen atoms in total. The number of rotatable bonds is 9. The van der Waals surface area contributed by atoms with Crippen LogP contribution in [0.4, 0.5) is 0 Å². The van der Waals surface area contributed by atoms with Crippen LogP contribution in [0.2, 0.25) is 5.15 Å². The van der Waals surface area contributed by atoms with E-state index in [9.17, 15) is 0 Å². The van der Waals surface area contributed by atoms with Crippen LogP contribution in [0.5, 0.6) is 0 Å². The van der Waals surface area contributed by atoms with Crippen molar-refractivity contribution in [3.63, 3.8) is 0 Å². The lowest BCUT2D eigenvalue weighted by Gasteiger charge is -2.10. The standard InChI is InChI=1S/C19H28ClN5O/c1-4-15(5-2)17-11-16(26-25-17)13-24-19(21-6-3)22-10-9-14-7-8-18(20)23-12-14/h7-8,11-12,15H,4-6,9-10,13H2,1-3H3,(H2,21,22,24). The van der Waals surface area contributed by atoms with Gasteiger partial charge in [-0.15, -0.1) is 0 Å². The number of nitrogens with one attached hydrogen (secondary N) is 2. The highest BCUT2D eigenvalue weighted by Crippen LogP contribution is 2.22. The summed E-state index contributed by atoms with van der Waals surface area (Å²) in [5.74, 6) is 2.00. The number of halogens is 1. The van der Waals surface area contributed by atoms with Gasteiger partial charge in [0.1, 0.15) is 11.7 Å². The molecule has 2 heterocycles. The van der Waals surface area contributed by atoms with Crippen LogP contribution in [0, 0.1) is 0 Å². The molecule has 2 N–H and O–H groups in total. The second-order valence-electron chi connectivity index (χ2n) is 6.09. The predicted octanol–water partition coefficient (Wildman–Crippen LogP) is 3.92. The zero-order valence-electron chi connectivity index (χ0n) is 15.8. The summed E-state index contributed by atoms with van der Waals surface area (Å²) in [5.41, 5.74) is 2.15. The van der Waals surface area contributed by atoms with E-state index in [0.717, 1.165) is 55.3 Å². The molecule has 0 aliphatic rings. The van der Waals surface area contributed by atoms with Gasteiger partial charge in [0.05, 0.1) is 5.69 Å². The molecule has 0 radical (unpaired) electrons. The minimum atomic E-state index is 0.454.